The number of nitrogens with one attached hydrogen (secondary N) is 2. The first-order valence-electron chi connectivity index (χ1n) is 8.61. The number of nitriles is 1. The van der Waals surface area contributed by atoms with Crippen LogP contribution in [0.4, 0.5) is 5.13 Å². The first-order valence-corrected chi connectivity index (χ1v) is 11.4. The molecule has 3 aromatic rings. The van der Waals surface area contributed by atoms with Crippen LogP contribution in [0.3, 0.4) is 0 Å². The molecule has 0 spiro atoms. The number of carbonyl (C=O) groups is 1. The van der Waals surface area contributed by atoms with Gasteiger partial charge in [0.25, 0.3) is 5.56 Å². The smallest absolute Gasteiger partial charge is 0.270 e. The van der Waals surface area contributed by atoms with Gasteiger partial charge < -0.3 is 9.72 Å². The van der Waals surface area contributed by atoms with E-state index in [-0.39, 0.29) is 40.5 Å². The molecule has 2 heterocycles. The predicted octanol–water partition coefficient (Wildman–Crippen LogP) is 3.43. The van der Waals surface area contributed by atoms with E-state index in [4.69, 9.17) is 4.74 Å². The van der Waals surface area contributed by atoms with Gasteiger partial charge in [-0.1, -0.05) is 53.9 Å². The highest BCUT2D eigenvalue weighted by molar-refractivity contribution is 8.01. The van der Waals surface area contributed by atoms with Crippen LogP contribution in [0.15, 0.2) is 38.6 Å². The molecule has 0 saturated carbocycles. The molecule has 2 aromatic heterocycles. The van der Waals surface area contributed by atoms with Crippen LogP contribution < -0.4 is 15.6 Å². The number of hydrogen-bond acceptors (Lipinski definition) is 10. The fraction of sp³-hybridized carbons (Fsp3) is 0.222. The first-order chi connectivity index (χ1) is 14.5. The maximum absolute atomic E-state index is 12.3. The molecule has 2 N–H and O–H groups in total. The third-order valence-electron chi connectivity index (χ3n) is 3.61. The number of ether oxygens (including phenoxy) is 1. The maximum atomic E-state index is 12.3. The number of anilines is 1. The van der Waals surface area contributed by atoms with E-state index >= 15 is 0 Å². The lowest BCUT2D eigenvalue weighted by Gasteiger charge is -2.08. The largest absolute Gasteiger partial charge is 0.497 e. The Kier molecular flexibility index (Phi) is 9.32. The Morgan fingerprint density at radius 3 is 2.87 bits per heavy atom. The summed E-state index contributed by atoms with van der Waals surface area (Å²) >= 11 is 3.89. The van der Waals surface area contributed by atoms with Crippen molar-refractivity contribution < 1.29 is 9.53 Å². The van der Waals surface area contributed by atoms with E-state index in [0.29, 0.717) is 16.4 Å². The Morgan fingerprint density at radius 2 is 2.16 bits per heavy atom. The minimum Gasteiger partial charge on any atom is -0.497 e. The van der Waals surface area contributed by atoms with Gasteiger partial charge in [0, 0.05) is 5.56 Å². The highest BCUT2D eigenvalue weighted by atomic mass is 35.5. The Hall–Kier alpha value is -2.59. The van der Waals surface area contributed by atoms with Crippen LogP contribution >= 0.6 is 47.3 Å². The van der Waals surface area contributed by atoms with Gasteiger partial charge in [-0.05, 0) is 17.9 Å². The average Bonchev–Trinajstić information content (AvgIpc) is 3.19. The van der Waals surface area contributed by atoms with E-state index in [9.17, 15) is 14.9 Å². The van der Waals surface area contributed by atoms with Crippen LogP contribution in [0.1, 0.15) is 12.5 Å². The lowest BCUT2D eigenvalue weighted by molar-refractivity contribution is -0.113. The highest BCUT2D eigenvalue weighted by Crippen LogP contribution is 2.27. The Morgan fingerprint density at radius 1 is 1.35 bits per heavy atom. The summed E-state index contributed by atoms with van der Waals surface area (Å²) in [4.78, 5) is 31.5. The van der Waals surface area contributed by atoms with E-state index in [0.717, 1.165) is 21.9 Å². The molecule has 0 radical (unpaired) electrons. The zero-order valence-electron chi connectivity index (χ0n) is 16.4. The average molecular weight is 497 g/mol. The zero-order chi connectivity index (χ0) is 21.5. The minimum absolute atomic E-state index is 0. The zero-order valence-corrected chi connectivity index (χ0v) is 19.6. The van der Waals surface area contributed by atoms with E-state index < -0.39 is 5.56 Å². The summed E-state index contributed by atoms with van der Waals surface area (Å²) < 4.78 is 5.98. The van der Waals surface area contributed by atoms with Gasteiger partial charge in [-0.25, -0.2) is 4.98 Å². The molecule has 13 heteroatoms. The third kappa shape index (κ3) is 6.44. The summed E-state index contributed by atoms with van der Waals surface area (Å²) in [5, 5.41) is 20.6. The number of amides is 1. The number of nitrogens with zero attached hydrogens (tertiary/aromatic N) is 4. The standard InChI is InChI=1S/C18H16N6O3S3.ClH/c1-3-28-18-24-23-17(30-18)20-13(25)9-29-16-21-14(12(8-19)15(26)22-16)10-5-4-6-11(7-10)27-2;/h4-7H,3,9H2,1-2H3,(H,20,23,25)(H,21,22,26);1H. The molecule has 31 heavy (non-hydrogen) atoms. The van der Waals surface area contributed by atoms with Crippen molar-refractivity contribution in [2.45, 2.75) is 16.4 Å². The van der Waals surface area contributed by atoms with Crippen molar-refractivity contribution in [3.63, 3.8) is 0 Å². The number of aromatic amines is 1. The normalized spacial score (nSPS) is 10.1. The molecule has 0 aliphatic carbocycles. The molecule has 0 saturated heterocycles. The number of hydrogen-bond donors (Lipinski definition) is 2. The summed E-state index contributed by atoms with van der Waals surface area (Å²) in [6, 6.07) is 8.79. The number of benzene rings is 1. The van der Waals surface area contributed by atoms with Gasteiger partial charge in [0.1, 0.15) is 17.4 Å². The van der Waals surface area contributed by atoms with Crippen LogP contribution in [0.2, 0.25) is 0 Å². The molecule has 9 nitrogen and oxygen atoms in total. The quantitative estimate of drug-likeness (QED) is 0.273. The predicted molar refractivity (Wildman–Crippen MR) is 124 cm³/mol. The molecule has 1 amide bonds. The minimum atomic E-state index is -0.571. The molecule has 1 aromatic carbocycles. The Balaban J connectivity index is 0.00000341. The number of carbonyl (C=O) groups excluding carboxylic acids is 1. The molecule has 0 atom stereocenters. The van der Waals surface area contributed by atoms with Crippen molar-refractivity contribution in [2.24, 2.45) is 0 Å². The van der Waals surface area contributed by atoms with Crippen molar-refractivity contribution in [1.82, 2.24) is 20.2 Å². The Labute approximate surface area is 196 Å². The summed E-state index contributed by atoms with van der Waals surface area (Å²) in [7, 11) is 1.53. The van der Waals surface area contributed by atoms with E-state index in [1.54, 1.807) is 36.0 Å². The van der Waals surface area contributed by atoms with Crippen molar-refractivity contribution in [2.75, 3.05) is 23.9 Å². The van der Waals surface area contributed by atoms with Crippen molar-refractivity contribution in [3.8, 4) is 23.1 Å². The fourth-order valence-electron chi connectivity index (χ4n) is 2.34. The number of rotatable bonds is 8. The van der Waals surface area contributed by atoms with Crippen LogP contribution in [-0.2, 0) is 4.79 Å². The molecular weight excluding hydrogens is 480 g/mol. The van der Waals surface area contributed by atoms with E-state index in [1.807, 2.05) is 13.0 Å². The Bertz CT molecular complexity index is 1160. The van der Waals surface area contributed by atoms with Crippen molar-refractivity contribution in [3.05, 3.63) is 40.2 Å². The molecule has 3 rings (SSSR count). The van der Waals surface area contributed by atoms with Gasteiger partial charge in [0.05, 0.1) is 18.6 Å². The molecular formula is C18H17ClN6O3S3. The number of halogens is 1. The second-order valence-electron chi connectivity index (χ2n) is 5.58. The van der Waals surface area contributed by atoms with Crippen LogP contribution in [0.25, 0.3) is 11.3 Å². The molecule has 0 bridgehead atoms. The van der Waals surface area contributed by atoms with E-state index in [1.165, 1.54) is 18.4 Å². The van der Waals surface area contributed by atoms with Crippen LogP contribution in [0.5, 0.6) is 5.75 Å². The van der Waals surface area contributed by atoms with Gasteiger partial charge in [-0.2, -0.15) is 5.26 Å². The van der Waals surface area contributed by atoms with Crippen LogP contribution in [0, 0.1) is 11.3 Å². The lowest BCUT2D eigenvalue weighted by Crippen LogP contribution is -2.17. The highest BCUT2D eigenvalue weighted by Gasteiger charge is 2.16. The number of thioether (sulfide) groups is 2. The summed E-state index contributed by atoms with van der Waals surface area (Å²) in [5.41, 5.74) is 0.122. The summed E-state index contributed by atoms with van der Waals surface area (Å²) in [6.45, 7) is 2.01. The molecule has 0 aliphatic rings. The third-order valence-corrected chi connectivity index (χ3v) is 6.34. The number of H-pyrrole nitrogens is 1. The molecule has 162 valence electrons. The lowest BCUT2D eigenvalue weighted by atomic mass is 10.1. The molecule has 0 aliphatic heterocycles. The van der Waals surface area contributed by atoms with Gasteiger partial charge in [-0.15, -0.1) is 22.6 Å². The van der Waals surface area contributed by atoms with Crippen molar-refractivity contribution in [1.29, 1.82) is 5.26 Å². The van der Waals surface area contributed by atoms with Gasteiger partial charge in [-0.3, -0.25) is 14.9 Å². The SMILES string of the molecule is CCSc1nnc(NC(=O)CSc2nc(-c3cccc(OC)c3)c(C#N)c(=O)[nH]2)s1.Cl. The van der Waals surface area contributed by atoms with E-state index in [2.05, 4.69) is 25.5 Å². The molecule has 0 fully saturated rings. The number of aromatic nitrogens is 4. The van der Waals surface area contributed by atoms with Gasteiger partial charge in [0.2, 0.25) is 11.0 Å². The topological polar surface area (TPSA) is 134 Å². The number of methoxy groups -OCH3 is 1. The fourth-order valence-corrected chi connectivity index (χ4v) is 4.66. The van der Waals surface area contributed by atoms with Crippen LogP contribution in [-0.4, -0.2) is 44.7 Å². The maximum Gasteiger partial charge on any atom is 0.270 e. The van der Waals surface area contributed by atoms with Gasteiger partial charge in [0.15, 0.2) is 9.50 Å². The summed E-state index contributed by atoms with van der Waals surface area (Å²) in [6.07, 6.45) is 0. The van der Waals surface area contributed by atoms with Gasteiger partial charge >= 0.3 is 0 Å². The summed E-state index contributed by atoms with van der Waals surface area (Å²) in [5.74, 6) is 1.14. The first kappa shape index (κ1) is 24.7. The monoisotopic (exact) mass is 496 g/mol. The second kappa shape index (κ2) is 11.7. The second-order valence-corrected chi connectivity index (χ2v) is 9.03. The molecule has 0 unspecified atom stereocenters. The van der Waals surface area contributed by atoms with Crippen molar-refractivity contribution >= 4 is 58.3 Å².